The van der Waals surface area contributed by atoms with E-state index >= 15 is 0 Å². The molecular weight excluding hydrogens is 252 g/mol. The van der Waals surface area contributed by atoms with Crippen molar-refractivity contribution in [3.05, 3.63) is 17.5 Å². The van der Waals surface area contributed by atoms with Crippen molar-refractivity contribution in [2.75, 3.05) is 27.2 Å². The van der Waals surface area contributed by atoms with Crippen molar-refractivity contribution in [1.29, 1.82) is 0 Å². The molecular formula is C15H24N4O. The van der Waals surface area contributed by atoms with Crippen molar-refractivity contribution < 1.29 is 4.79 Å². The number of carbonyl (C=O) groups is 1. The summed E-state index contributed by atoms with van der Waals surface area (Å²) in [4.78, 5) is 16.8. The van der Waals surface area contributed by atoms with Crippen molar-refractivity contribution in [3.8, 4) is 0 Å². The summed E-state index contributed by atoms with van der Waals surface area (Å²) in [5.74, 6) is 0.707. The summed E-state index contributed by atoms with van der Waals surface area (Å²) in [7, 11) is 4.25. The molecule has 1 aliphatic heterocycles. The zero-order valence-electron chi connectivity index (χ0n) is 12.4. The maximum absolute atomic E-state index is 12.5. The van der Waals surface area contributed by atoms with E-state index in [1.807, 2.05) is 11.0 Å². The van der Waals surface area contributed by atoms with E-state index in [0.29, 0.717) is 17.7 Å². The van der Waals surface area contributed by atoms with Gasteiger partial charge in [0.25, 0.3) is 5.91 Å². The number of amides is 1. The maximum atomic E-state index is 12.5. The van der Waals surface area contributed by atoms with Crippen LogP contribution in [0.1, 0.15) is 54.2 Å². The topological polar surface area (TPSA) is 52.2 Å². The zero-order valence-corrected chi connectivity index (χ0v) is 12.4. The molecule has 0 spiro atoms. The van der Waals surface area contributed by atoms with Gasteiger partial charge in [0.1, 0.15) is 5.69 Å². The molecule has 2 fully saturated rings. The molecule has 1 aromatic rings. The smallest absolute Gasteiger partial charge is 0.274 e. The fourth-order valence-electron chi connectivity index (χ4n) is 3.01. The van der Waals surface area contributed by atoms with Crippen molar-refractivity contribution in [2.45, 2.75) is 44.1 Å². The minimum atomic E-state index is 0.0903. The van der Waals surface area contributed by atoms with Crippen LogP contribution in [0.3, 0.4) is 0 Å². The molecule has 2 aliphatic rings. The molecule has 1 N–H and O–H groups in total. The van der Waals surface area contributed by atoms with E-state index in [1.54, 1.807) is 0 Å². The van der Waals surface area contributed by atoms with Crippen molar-refractivity contribution in [3.63, 3.8) is 0 Å². The number of hydrogen-bond donors (Lipinski definition) is 1. The van der Waals surface area contributed by atoms with Gasteiger partial charge in [-0.3, -0.25) is 9.89 Å². The molecule has 1 atom stereocenters. The van der Waals surface area contributed by atoms with Gasteiger partial charge in [-0.25, -0.2) is 0 Å². The Balaban J connectivity index is 1.63. The van der Waals surface area contributed by atoms with Crippen LogP contribution in [0.15, 0.2) is 6.07 Å². The lowest BCUT2D eigenvalue weighted by molar-refractivity contribution is 0.0752. The monoisotopic (exact) mass is 276 g/mol. The number of rotatable bonds is 3. The molecule has 1 saturated heterocycles. The molecule has 110 valence electrons. The van der Waals surface area contributed by atoms with Crippen LogP contribution in [0, 0.1) is 0 Å². The molecule has 5 nitrogen and oxygen atoms in total. The molecule has 5 heteroatoms. The molecule has 2 heterocycles. The van der Waals surface area contributed by atoms with Gasteiger partial charge in [0.15, 0.2) is 0 Å². The number of H-pyrrole nitrogens is 1. The van der Waals surface area contributed by atoms with Gasteiger partial charge < -0.3 is 9.80 Å². The third-order valence-electron chi connectivity index (χ3n) is 4.55. The van der Waals surface area contributed by atoms with E-state index in [0.717, 1.165) is 31.6 Å². The van der Waals surface area contributed by atoms with E-state index in [4.69, 9.17) is 0 Å². The van der Waals surface area contributed by atoms with Crippen LogP contribution in [0.4, 0.5) is 0 Å². The molecule has 1 aliphatic carbocycles. The minimum absolute atomic E-state index is 0.0903. The van der Waals surface area contributed by atoms with E-state index in [2.05, 4.69) is 29.2 Å². The predicted octanol–water partition coefficient (Wildman–Crippen LogP) is 1.84. The Labute approximate surface area is 120 Å². The standard InChI is InChI=1S/C15H24N4O/c1-18(2)12-4-3-8-19(9-7-12)15(20)14-10-13(16-17-14)11-5-6-11/h10-12H,3-9H2,1-2H3,(H,16,17)/t12-/m1/s1. The Kier molecular flexibility index (Phi) is 3.78. The average Bonchev–Trinajstić information content (AvgIpc) is 3.21. The first-order valence-corrected chi connectivity index (χ1v) is 7.66. The SMILES string of the molecule is CN(C)[C@@H]1CCCN(C(=O)c2cc(C3CC3)[nH]n2)CC1. The number of likely N-dealkylation sites (tertiary alicyclic amines) is 1. The first-order valence-electron chi connectivity index (χ1n) is 7.66. The summed E-state index contributed by atoms with van der Waals surface area (Å²) in [6, 6.07) is 2.54. The maximum Gasteiger partial charge on any atom is 0.274 e. The van der Waals surface area contributed by atoms with Crippen LogP contribution in [-0.4, -0.2) is 59.1 Å². The second-order valence-electron chi connectivity index (χ2n) is 6.32. The van der Waals surface area contributed by atoms with Crippen molar-refractivity contribution in [2.24, 2.45) is 0 Å². The predicted molar refractivity (Wildman–Crippen MR) is 77.8 cm³/mol. The third-order valence-corrected chi connectivity index (χ3v) is 4.55. The number of hydrogen-bond acceptors (Lipinski definition) is 3. The Morgan fingerprint density at radius 2 is 2.10 bits per heavy atom. The van der Waals surface area contributed by atoms with Crippen molar-refractivity contribution >= 4 is 5.91 Å². The molecule has 0 aromatic carbocycles. The van der Waals surface area contributed by atoms with Gasteiger partial charge >= 0.3 is 0 Å². The van der Waals surface area contributed by atoms with Crippen molar-refractivity contribution in [1.82, 2.24) is 20.0 Å². The molecule has 1 saturated carbocycles. The number of aromatic nitrogens is 2. The Hall–Kier alpha value is -1.36. The molecule has 20 heavy (non-hydrogen) atoms. The van der Waals surface area contributed by atoms with E-state index in [9.17, 15) is 4.79 Å². The Morgan fingerprint density at radius 3 is 2.80 bits per heavy atom. The zero-order chi connectivity index (χ0) is 14.1. The normalized spacial score (nSPS) is 23.9. The fraction of sp³-hybridized carbons (Fsp3) is 0.733. The molecule has 3 rings (SSSR count). The molecule has 1 aromatic heterocycles. The number of nitrogens with zero attached hydrogens (tertiary/aromatic N) is 3. The molecule has 0 unspecified atom stereocenters. The van der Waals surface area contributed by atoms with Gasteiger partial charge in [-0.1, -0.05) is 0 Å². The summed E-state index contributed by atoms with van der Waals surface area (Å²) >= 11 is 0. The fourth-order valence-corrected chi connectivity index (χ4v) is 3.01. The summed E-state index contributed by atoms with van der Waals surface area (Å²) in [6.07, 6.45) is 5.76. The Morgan fingerprint density at radius 1 is 1.30 bits per heavy atom. The second kappa shape index (κ2) is 5.56. The van der Waals surface area contributed by atoms with E-state index < -0.39 is 0 Å². The second-order valence-corrected chi connectivity index (χ2v) is 6.32. The minimum Gasteiger partial charge on any atom is -0.337 e. The first kappa shape index (κ1) is 13.6. The van der Waals surface area contributed by atoms with Crippen LogP contribution >= 0.6 is 0 Å². The van der Waals surface area contributed by atoms with Crippen LogP contribution < -0.4 is 0 Å². The highest BCUT2D eigenvalue weighted by Gasteiger charge is 2.28. The van der Waals surface area contributed by atoms with Gasteiger partial charge in [0, 0.05) is 30.7 Å². The van der Waals surface area contributed by atoms with Crippen LogP contribution in [0.5, 0.6) is 0 Å². The third kappa shape index (κ3) is 2.87. The lowest BCUT2D eigenvalue weighted by atomic mass is 10.1. The highest BCUT2D eigenvalue weighted by molar-refractivity contribution is 5.92. The quantitative estimate of drug-likeness (QED) is 0.916. The van der Waals surface area contributed by atoms with E-state index in [-0.39, 0.29) is 5.91 Å². The number of nitrogens with one attached hydrogen (secondary N) is 1. The first-order chi connectivity index (χ1) is 9.65. The number of carbonyl (C=O) groups excluding carboxylic acids is 1. The summed E-state index contributed by atoms with van der Waals surface area (Å²) in [5, 5.41) is 7.24. The lowest BCUT2D eigenvalue weighted by Gasteiger charge is -2.23. The summed E-state index contributed by atoms with van der Waals surface area (Å²) < 4.78 is 0. The van der Waals surface area contributed by atoms with Gasteiger partial charge in [-0.05, 0) is 52.3 Å². The van der Waals surface area contributed by atoms with Crippen LogP contribution in [0.25, 0.3) is 0 Å². The van der Waals surface area contributed by atoms with Gasteiger partial charge in [0.2, 0.25) is 0 Å². The van der Waals surface area contributed by atoms with Gasteiger partial charge in [-0.15, -0.1) is 0 Å². The van der Waals surface area contributed by atoms with Gasteiger partial charge in [-0.2, -0.15) is 5.10 Å². The van der Waals surface area contributed by atoms with Crippen LogP contribution in [0.2, 0.25) is 0 Å². The highest BCUT2D eigenvalue weighted by Crippen LogP contribution is 2.39. The average molecular weight is 276 g/mol. The largest absolute Gasteiger partial charge is 0.337 e. The molecule has 1 amide bonds. The highest BCUT2D eigenvalue weighted by atomic mass is 16.2. The number of aromatic amines is 1. The van der Waals surface area contributed by atoms with Gasteiger partial charge in [0.05, 0.1) is 0 Å². The molecule has 0 bridgehead atoms. The van der Waals surface area contributed by atoms with Crippen LogP contribution in [-0.2, 0) is 0 Å². The van der Waals surface area contributed by atoms with E-state index in [1.165, 1.54) is 19.3 Å². The lowest BCUT2D eigenvalue weighted by Crippen LogP contribution is -2.34. The summed E-state index contributed by atoms with van der Waals surface area (Å²) in [6.45, 7) is 1.70. The molecule has 0 radical (unpaired) electrons. The summed E-state index contributed by atoms with van der Waals surface area (Å²) in [5.41, 5.74) is 1.73. The Bertz CT molecular complexity index is 478.